The number of hydrogen-bond acceptors (Lipinski definition) is 1. The molecule has 0 bridgehead atoms. The van der Waals surface area contributed by atoms with E-state index >= 15 is 0 Å². The first-order valence-electron chi connectivity index (χ1n) is 9.33. The molecule has 1 nitrogen and oxygen atoms in total. The van der Waals surface area contributed by atoms with Crippen LogP contribution in [0, 0.1) is 11.8 Å². The van der Waals surface area contributed by atoms with Crippen LogP contribution in [0.2, 0.25) is 0 Å². The maximum atomic E-state index is 4.93. The van der Waals surface area contributed by atoms with Gasteiger partial charge in [-0.05, 0) is 42.2 Å². The number of nitrogens with zero attached hydrogens (tertiary/aromatic N) is 1. The summed E-state index contributed by atoms with van der Waals surface area (Å²) in [6.07, 6.45) is 8.77. The van der Waals surface area contributed by atoms with Crippen LogP contribution in [0.25, 0.3) is 5.57 Å². The zero-order chi connectivity index (χ0) is 19.5. The molecule has 0 spiro atoms. The highest BCUT2D eigenvalue weighted by Crippen LogP contribution is 2.24. The Morgan fingerprint density at radius 3 is 2.52 bits per heavy atom. The van der Waals surface area contributed by atoms with Crippen molar-refractivity contribution in [1.82, 2.24) is 0 Å². The van der Waals surface area contributed by atoms with Crippen LogP contribution in [-0.2, 0) is 0 Å². The molecule has 0 amide bonds. The normalized spacial score (nSPS) is 13.1. The van der Waals surface area contributed by atoms with E-state index in [1.54, 1.807) is 0 Å². The van der Waals surface area contributed by atoms with Gasteiger partial charge < -0.3 is 0 Å². The predicted molar refractivity (Wildman–Crippen MR) is 119 cm³/mol. The van der Waals surface area contributed by atoms with Gasteiger partial charge in [-0.1, -0.05) is 92.3 Å². The van der Waals surface area contributed by atoms with Crippen LogP contribution in [0.15, 0.2) is 90.5 Å². The number of benzene rings is 2. The minimum Gasteiger partial charge on any atom is -0.268 e. The van der Waals surface area contributed by atoms with Gasteiger partial charge in [0.15, 0.2) is 0 Å². The summed E-state index contributed by atoms with van der Waals surface area (Å²) in [7, 11) is 0. The molecule has 0 radical (unpaired) electrons. The summed E-state index contributed by atoms with van der Waals surface area (Å²) in [5.41, 5.74) is 5.48. The molecule has 1 atom stereocenters. The highest BCUT2D eigenvalue weighted by Gasteiger charge is 2.10. The quantitative estimate of drug-likeness (QED) is 0.308. The third-order valence-corrected chi connectivity index (χ3v) is 4.11. The first kappa shape index (κ1) is 20.2. The maximum Gasteiger partial charge on any atom is 0.136 e. The van der Waals surface area contributed by atoms with Crippen LogP contribution in [-0.4, -0.2) is 5.71 Å². The molecule has 0 aromatic heterocycles. The number of allylic oxidation sites excluding steroid dienone is 5. The minimum absolute atomic E-state index is 0.180. The lowest BCUT2D eigenvalue weighted by Gasteiger charge is -2.11. The van der Waals surface area contributed by atoms with Crippen molar-refractivity contribution >= 4 is 11.3 Å². The van der Waals surface area contributed by atoms with E-state index in [0.29, 0.717) is 0 Å². The zero-order valence-electron chi connectivity index (χ0n) is 16.4. The first-order valence-corrected chi connectivity index (χ1v) is 9.33. The number of aliphatic imine (C=N–C) groups is 1. The topological polar surface area (TPSA) is 12.4 Å². The molecule has 136 valence electrons. The molecule has 2 aromatic carbocycles. The lowest BCUT2D eigenvalue weighted by atomic mass is 9.98. The van der Waals surface area contributed by atoms with Gasteiger partial charge in [0, 0.05) is 12.1 Å². The van der Waals surface area contributed by atoms with Crippen LogP contribution in [0.4, 0.5) is 0 Å². The predicted octanol–water partition coefficient (Wildman–Crippen LogP) is 6.80. The van der Waals surface area contributed by atoms with Crippen molar-refractivity contribution in [3.63, 3.8) is 0 Å². The molecule has 0 aliphatic heterocycles. The second-order valence-corrected chi connectivity index (χ2v) is 6.14. The van der Waals surface area contributed by atoms with Crippen molar-refractivity contribution < 1.29 is 0 Å². The third-order valence-electron chi connectivity index (χ3n) is 4.11. The molecule has 1 heteroatoms. The molecule has 0 saturated heterocycles. The molecule has 0 fully saturated rings. The van der Waals surface area contributed by atoms with Gasteiger partial charge in [0.1, 0.15) is 6.04 Å². The molecule has 0 N–H and O–H groups in total. The molecule has 2 aromatic rings. The first-order chi connectivity index (χ1) is 13.2. The highest BCUT2D eigenvalue weighted by molar-refractivity contribution is 5.98. The highest BCUT2D eigenvalue weighted by atomic mass is 14.8. The van der Waals surface area contributed by atoms with Gasteiger partial charge in [-0.3, -0.25) is 4.99 Å². The minimum atomic E-state index is -0.180. The molecule has 0 heterocycles. The number of rotatable bonds is 6. The van der Waals surface area contributed by atoms with E-state index in [1.807, 2.05) is 50.3 Å². The fourth-order valence-electron chi connectivity index (χ4n) is 2.78. The van der Waals surface area contributed by atoms with Crippen molar-refractivity contribution in [1.29, 1.82) is 0 Å². The average molecular weight is 354 g/mol. The van der Waals surface area contributed by atoms with E-state index in [-0.39, 0.29) is 6.04 Å². The standard InChI is InChI=1S/C26H27N/c1-5-8-19-26(27-21(4)22-15-10-9-11-16-22)25-18-12-17-24(20-25)23(13-6-2)14-7-3/h6-7,9-18,20,26H,2,5H2,1,3-4H3/b14-7-,23-13+,27-21?. The fraction of sp³-hybridized carbons (Fsp3) is 0.192. The molecule has 27 heavy (non-hydrogen) atoms. The van der Waals surface area contributed by atoms with Gasteiger partial charge in [-0.15, -0.1) is 5.92 Å². The van der Waals surface area contributed by atoms with Gasteiger partial charge in [0.05, 0.1) is 0 Å². The van der Waals surface area contributed by atoms with E-state index < -0.39 is 0 Å². The fourth-order valence-corrected chi connectivity index (χ4v) is 2.78. The summed E-state index contributed by atoms with van der Waals surface area (Å²) < 4.78 is 0. The Hall–Kier alpha value is -3.11. The van der Waals surface area contributed by atoms with E-state index in [0.717, 1.165) is 34.4 Å². The van der Waals surface area contributed by atoms with E-state index in [4.69, 9.17) is 4.99 Å². The Morgan fingerprint density at radius 1 is 1.11 bits per heavy atom. The van der Waals surface area contributed by atoms with E-state index in [2.05, 4.69) is 67.8 Å². The molecule has 0 saturated carbocycles. The van der Waals surface area contributed by atoms with E-state index in [9.17, 15) is 0 Å². The van der Waals surface area contributed by atoms with Gasteiger partial charge in [0.2, 0.25) is 0 Å². The Kier molecular flexibility index (Phi) is 8.07. The lowest BCUT2D eigenvalue weighted by Crippen LogP contribution is -2.01. The average Bonchev–Trinajstić information content (AvgIpc) is 2.71. The summed E-state index contributed by atoms with van der Waals surface area (Å²) in [6.45, 7) is 9.95. The summed E-state index contributed by atoms with van der Waals surface area (Å²) >= 11 is 0. The SMILES string of the molecule is C=C/C=C(\C=C/C)c1cccc(C(C#CCC)N=C(C)c2ccccc2)c1. The van der Waals surface area contributed by atoms with Crippen molar-refractivity contribution in [2.45, 2.75) is 33.2 Å². The van der Waals surface area contributed by atoms with Gasteiger partial charge in [0.25, 0.3) is 0 Å². The van der Waals surface area contributed by atoms with Crippen LogP contribution in [0.3, 0.4) is 0 Å². The Morgan fingerprint density at radius 2 is 1.85 bits per heavy atom. The van der Waals surface area contributed by atoms with Gasteiger partial charge in [-0.2, -0.15) is 0 Å². The van der Waals surface area contributed by atoms with Gasteiger partial charge in [-0.25, -0.2) is 0 Å². The van der Waals surface area contributed by atoms with Crippen LogP contribution in [0.5, 0.6) is 0 Å². The molecule has 0 aliphatic carbocycles. The van der Waals surface area contributed by atoms with Crippen molar-refractivity contribution in [2.75, 3.05) is 0 Å². The summed E-state index contributed by atoms with van der Waals surface area (Å²) in [5.74, 6) is 6.52. The van der Waals surface area contributed by atoms with Crippen molar-refractivity contribution in [3.8, 4) is 11.8 Å². The summed E-state index contributed by atoms with van der Waals surface area (Å²) in [6, 6.07) is 18.5. The van der Waals surface area contributed by atoms with Crippen molar-refractivity contribution in [2.24, 2.45) is 4.99 Å². The van der Waals surface area contributed by atoms with Crippen LogP contribution >= 0.6 is 0 Å². The molecule has 2 rings (SSSR count). The second-order valence-electron chi connectivity index (χ2n) is 6.14. The summed E-state index contributed by atoms with van der Waals surface area (Å²) in [5, 5.41) is 0. The lowest BCUT2D eigenvalue weighted by molar-refractivity contribution is 0.940. The summed E-state index contributed by atoms with van der Waals surface area (Å²) in [4.78, 5) is 4.93. The van der Waals surface area contributed by atoms with Gasteiger partial charge >= 0.3 is 0 Å². The maximum absolute atomic E-state index is 4.93. The molecule has 1 unspecified atom stereocenters. The van der Waals surface area contributed by atoms with Crippen molar-refractivity contribution in [3.05, 3.63) is 102 Å². The van der Waals surface area contributed by atoms with E-state index in [1.165, 1.54) is 0 Å². The largest absolute Gasteiger partial charge is 0.268 e. The van der Waals surface area contributed by atoms with Crippen LogP contribution in [0.1, 0.15) is 49.9 Å². The molecule has 0 aliphatic rings. The smallest absolute Gasteiger partial charge is 0.136 e. The third kappa shape index (κ3) is 5.97. The zero-order valence-corrected chi connectivity index (χ0v) is 16.4. The molecular weight excluding hydrogens is 326 g/mol. The second kappa shape index (κ2) is 10.8. The number of hydrogen-bond donors (Lipinski definition) is 0. The Labute approximate surface area is 163 Å². The van der Waals surface area contributed by atoms with Crippen LogP contribution < -0.4 is 0 Å². The Balaban J connectivity index is 2.47. The molecular formula is C26H27N. The monoisotopic (exact) mass is 353 g/mol. The Bertz CT molecular complexity index is 902.